The molecule has 0 atom stereocenters. The third kappa shape index (κ3) is 3.99. The van der Waals surface area contributed by atoms with Crippen LogP contribution < -0.4 is 5.56 Å². The van der Waals surface area contributed by atoms with Gasteiger partial charge < -0.3 is 10.1 Å². The van der Waals surface area contributed by atoms with Crippen LogP contribution in [0.15, 0.2) is 52.2 Å². The maximum atomic E-state index is 13.1. The second-order valence-corrected chi connectivity index (χ2v) is 8.60. The van der Waals surface area contributed by atoms with Crippen LogP contribution in [-0.2, 0) is 16.6 Å². The molecular weight excluding hydrogens is 383 g/mol. The predicted molar refractivity (Wildman–Crippen MR) is 105 cm³/mol. The number of H-pyrrole nitrogens is 1. The molecule has 0 aliphatic heterocycles. The molecule has 3 aromatic rings. The van der Waals surface area contributed by atoms with Crippen molar-refractivity contribution in [2.75, 3.05) is 13.2 Å². The van der Waals surface area contributed by atoms with E-state index in [4.69, 9.17) is 0 Å². The Bertz CT molecular complexity index is 1170. The summed E-state index contributed by atoms with van der Waals surface area (Å²) < 4.78 is 39.9. The minimum absolute atomic E-state index is 0.106. The minimum atomic E-state index is -4.01. The largest absolute Gasteiger partial charge is 0.395 e. The van der Waals surface area contributed by atoms with Crippen LogP contribution in [0.4, 0.5) is 4.39 Å². The van der Waals surface area contributed by atoms with Gasteiger partial charge in [0.05, 0.1) is 11.5 Å². The van der Waals surface area contributed by atoms with Crippen LogP contribution in [-0.4, -0.2) is 36.0 Å². The van der Waals surface area contributed by atoms with Crippen molar-refractivity contribution < 1.29 is 17.9 Å². The molecule has 6 nitrogen and oxygen atoms in total. The minimum Gasteiger partial charge on any atom is -0.395 e. The lowest BCUT2D eigenvalue weighted by Gasteiger charge is -2.21. The van der Waals surface area contributed by atoms with Crippen molar-refractivity contribution in [1.29, 1.82) is 0 Å². The first-order chi connectivity index (χ1) is 13.2. The third-order valence-corrected chi connectivity index (χ3v) is 6.54. The monoisotopic (exact) mass is 404 g/mol. The van der Waals surface area contributed by atoms with E-state index in [1.54, 1.807) is 6.07 Å². The van der Waals surface area contributed by atoms with Gasteiger partial charge in [-0.25, -0.2) is 12.8 Å². The number of pyridine rings is 1. The summed E-state index contributed by atoms with van der Waals surface area (Å²) in [5.41, 5.74) is 2.63. The normalized spacial score (nSPS) is 12.0. The summed E-state index contributed by atoms with van der Waals surface area (Å²) in [6.07, 6.45) is 0. The molecule has 0 amide bonds. The van der Waals surface area contributed by atoms with Gasteiger partial charge in [-0.3, -0.25) is 4.79 Å². The van der Waals surface area contributed by atoms with Gasteiger partial charge in [0.25, 0.3) is 5.56 Å². The number of fused-ring (bicyclic) bond motifs is 1. The average molecular weight is 404 g/mol. The highest BCUT2D eigenvalue weighted by Gasteiger charge is 2.25. The SMILES string of the molecule is Cc1cc2cc(CN(CCO)S(=O)(=O)c3ccc(F)cc3)c(=O)[nH]c2cc1C. The summed E-state index contributed by atoms with van der Waals surface area (Å²) in [7, 11) is -4.01. The van der Waals surface area contributed by atoms with E-state index < -0.39 is 28.0 Å². The topological polar surface area (TPSA) is 90.5 Å². The first-order valence-electron chi connectivity index (χ1n) is 8.72. The Morgan fingerprint density at radius 2 is 1.71 bits per heavy atom. The van der Waals surface area contributed by atoms with E-state index in [1.165, 1.54) is 0 Å². The number of hydrogen-bond donors (Lipinski definition) is 2. The first kappa shape index (κ1) is 20.2. The van der Waals surface area contributed by atoms with E-state index in [1.807, 2.05) is 26.0 Å². The Morgan fingerprint density at radius 1 is 1.07 bits per heavy atom. The third-order valence-electron chi connectivity index (χ3n) is 4.68. The van der Waals surface area contributed by atoms with Gasteiger partial charge in [0.2, 0.25) is 10.0 Å². The molecule has 0 aliphatic carbocycles. The van der Waals surface area contributed by atoms with Crippen LogP contribution in [0.3, 0.4) is 0 Å². The molecule has 28 heavy (non-hydrogen) atoms. The van der Waals surface area contributed by atoms with Gasteiger partial charge in [0, 0.05) is 24.2 Å². The smallest absolute Gasteiger partial charge is 0.252 e. The zero-order chi connectivity index (χ0) is 20.5. The van der Waals surface area contributed by atoms with E-state index in [2.05, 4.69) is 4.98 Å². The Labute approximate surface area is 162 Å². The summed E-state index contributed by atoms with van der Waals surface area (Å²) in [4.78, 5) is 15.2. The van der Waals surface area contributed by atoms with E-state index in [0.29, 0.717) is 5.52 Å². The molecule has 0 bridgehead atoms. The van der Waals surface area contributed by atoms with Gasteiger partial charge in [-0.2, -0.15) is 4.31 Å². The number of aliphatic hydroxyl groups excluding tert-OH is 1. The molecule has 2 N–H and O–H groups in total. The van der Waals surface area contributed by atoms with Gasteiger partial charge in [-0.15, -0.1) is 0 Å². The van der Waals surface area contributed by atoms with Crippen molar-refractivity contribution in [3.8, 4) is 0 Å². The maximum absolute atomic E-state index is 13.1. The van der Waals surface area contributed by atoms with Crippen molar-refractivity contribution in [2.24, 2.45) is 0 Å². The fourth-order valence-electron chi connectivity index (χ4n) is 2.98. The molecule has 0 unspecified atom stereocenters. The summed E-state index contributed by atoms with van der Waals surface area (Å²) in [6, 6.07) is 9.88. The molecule has 0 fully saturated rings. The number of rotatable bonds is 6. The fraction of sp³-hybridized carbons (Fsp3) is 0.250. The van der Waals surface area contributed by atoms with E-state index in [-0.39, 0.29) is 23.5 Å². The summed E-state index contributed by atoms with van der Waals surface area (Å²) in [5, 5.41) is 10.1. The van der Waals surface area contributed by atoms with Gasteiger partial charge in [0.1, 0.15) is 5.82 Å². The fourth-order valence-corrected chi connectivity index (χ4v) is 4.39. The lowest BCUT2D eigenvalue weighted by Crippen LogP contribution is -2.35. The van der Waals surface area contributed by atoms with Gasteiger partial charge in [-0.05, 0) is 72.8 Å². The lowest BCUT2D eigenvalue weighted by molar-refractivity contribution is 0.251. The first-order valence-corrected chi connectivity index (χ1v) is 10.2. The molecule has 2 aromatic carbocycles. The number of nitrogens with one attached hydrogen (secondary N) is 1. The predicted octanol–water partition coefficient (Wildman–Crippen LogP) is 2.47. The highest BCUT2D eigenvalue weighted by molar-refractivity contribution is 7.89. The van der Waals surface area contributed by atoms with Crippen LogP contribution >= 0.6 is 0 Å². The van der Waals surface area contributed by atoms with Crippen LogP contribution in [0.1, 0.15) is 16.7 Å². The van der Waals surface area contributed by atoms with Crippen molar-refractivity contribution in [2.45, 2.75) is 25.3 Å². The second kappa shape index (κ2) is 7.83. The van der Waals surface area contributed by atoms with E-state index >= 15 is 0 Å². The number of benzene rings is 2. The van der Waals surface area contributed by atoms with Crippen molar-refractivity contribution in [3.63, 3.8) is 0 Å². The van der Waals surface area contributed by atoms with Crippen LogP contribution in [0.25, 0.3) is 10.9 Å². The van der Waals surface area contributed by atoms with Crippen molar-refractivity contribution in [1.82, 2.24) is 9.29 Å². The number of nitrogens with zero attached hydrogens (tertiary/aromatic N) is 1. The number of halogens is 1. The summed E-state index contributed by atoms with van der Waals surface area (Å²) >= 11 is 0. The average Bonchev–Trinajstić information content (AvgIpc) is 2.64. The number of aryl methyl sites for hydroxylation is 2. The molecule has 1 aromatic heterocycles. The molecule has 1 heterocycles. The Morgan fingerprint density at radius 3 is 2.36 bits per heavy atom. The molecule has 0 spiro atoms. The molecule has 8 heteroatoms. The van der Waals surface area contributed by atoms with Crippen molar-refractivity contribution >= 4 is 20.9 Å². The number of hydrogen-bond acceptors (Lipinski definition) is 4. The van der Waals surface area contributed by atoms with Crippen LogP contribution in [0, 0.1) is 19.7 Å². The molecule has 148 valence electrons. The Kier molecular flexibility index (Phi) is 5.64. The van der Waals surface area contributed by atoms with E-state index in [0.717, 1.165) is 45.1 Å². The van der Waals surface area contributed by atoms with E-state index in [9.17, 15) is 22.7 Å². The molecule has 0 radical (unpaired) electrons. The Hall–Kier alpha value is -2.55. The number of sulfonamides is 1. The summed E-state index contributed by atoms with van der Waals surface area (Å²) in [5.74, 6) is -0.552. The van der Waals surface area contributed by atoms with Gasteiger partial charge >= 0.3 is 0 Å². The molecule has 0 saturated carbocycles. The molecule has 3 rings (SSSR count). The summed E-state index contributed by atoms with van der Waals surface area (Å²) in [6.45, 7) is 3.09. The van der Waals surface area contributed by atoms with Crippen LogP contribution in [0.5, 0.6) is 0 Å². The maximum Gasteiger partial charge on any atom is 0.252 e. The molecule has 0 saturated heterocycles. The zero-order valence-corrected chi connectivity index (χ0v) is 16.4. The quantitative estimate of drug-likeness (QED) is 0.660. The number of aromatic nitrogens is 1. The Balaban J connectivity index is 2.02. The van der Waals surface area contributed by atoms with Gasteiger partial charge in [-0.1, -0.05) is 0 Å². The van der Waals surface area contributed by atoms with Crippen LogP contribution in [0.2, 0.25) is 0 Å². The second-order valence-electron chi connectivity index (χ2n) is 6.66. The highest BCUT2D eigenvalue weighted by atomic mass is 32.2. The molecular formula is C20H21FN2O4S. The lowest BCUT2D eigenvalue weighted by atomic mass is 10.1. The molecule has 0 aliphatic rings. The van der Waals surface area contributed by atoms with Gasteiger partial charge in [0.15, 0.2) is 0 Å². The highest BCUT2D eigenvalue weighted by Crippen LogP contribution is 2.21. The van der Waals surface area contributed by atoms with Crippen molar-refractivity contribution in [3.05, 3.63) is 75.3 Å². The number of aromatic amines is 1. The zero-order valence-electron chi connectivity index (χ0n) is 15.6. The number of aliphatic hydroxyl groups is 1. The standard InChI is InChI=1S/C20H21FN2O4S/c1-13-9-15-11-16(20(25)22-19(15)10-14(13)2)12-23(7-8-24)28(26,27)18-5-3-17(21)4-6-18/h3-6,9-11,24H,7-8,12H2,1-2H3,(H,22,25).